The van der Waals surface area contributed by atoms with Crippen LogP contribution in [0.2, 0.25) is 0 Å². The van der Waals surface area contributed by atoms with E-state index in [2.05, 4.69) is 10.0 Å². The van der Waals surface area contributed by atoms with E-state index < -0.39 is 10.8 Å². The van der Waals surface area contributed by atoms with Crippen LogP contribution in [0.25, 0.3) is 21.2 Å². The van der Waals surface area contributed by atoms with Gasteiger partial charge in [0.25, 0.3) is 11.6 Å². The number of fused-ring (bicyclic) bond motifs is 1. The molecule has 0 N–H and O–H groups in total. The fourth-order valence-electron chi connectivity index (χ4n) is 1.90. The number of amides is 1. The van der Waals surface area contributed by atoms with Crippen LogP contribution in [0.15, 0.2) is 35.4 Å². The second-order valence-corrected chi connectivity index (χ2v) is 3.94. The minimum Gasteiger partial charge on any atom is -0.287 e. The molecule has 0 radical (unpaired) electrons. The number of hydrogen-bond acceptors (Lipinski definition) is 3. The molecule has 7 heteroatoms. The van der Waals surface area contributed by atoms with Crippen molar-refractivity contribution in [2.24, 2.45) is 5.11 Å². The topological polar surface area (TPSA) is 109 Å². The number of nitro benzene ring substituents is 1. The van der Waals surface area contributed by atoms with Crippen molar-refractivity contribution in [2.75, 3.05) is 0 Å². The van der Waals surface area contributed by atoms with Crippen LogP contribution in [0.3, 0.4) is 0 Å². The first-order valence-electron chi connectivity index (χ1n) is 6.32. The SMILES string of the molecule is CC.Cc1ccc2c([N+](=O)[O-])c(C(=O)N=[N+]=[N-])ccc2c1. The Balaban J connectivity index is 0.00000106. The minimum absolute atomic E-state index is 0.209. The summed E-state index contributed by atoms with van der Waals surface area (Å²) in [5, 5.41) is 15.0. The van der Waals surface area contributed by atoms with Gasteiger partial charge in [-0.15, -0.1) is 0 Å². The van der Waals surface area contributed by atoms with Gasteiger partial charge in [0, 0.05) is 4.91 Å². The summed E-state index contributed by atoms with van der Waals surface area (Å²) in [6.07, 6.45) is 0. The smallest absolute Gasteiger partial charge is 0.287 e. The van der Waals surface area contributed by atoms with E-state index in [9.17, 15) is 14.9 Å². The maximum Gasteiger partial charge on any atom is 0.288 e. The molecule has 21 heavy (non-hydrogen) atoms. The number of nitrogens with zero attached hydrogens (tertiary/aromatic N) is 4. The van der Waals surface area contributed by atoms with Crippen molar-refractivity contribution in [1.29, 1.82) is 0 Å². The largest absolute Gasteiger partial charge is 0.288 e. The Morgan fingerprint density at radius 2 is 1.95 bits per heavy atom. The quantitative estimate of drug-likeness (QED) is 0.266. The molecule has 0 bridgehead atoms. The molecule has 0 unspecified atom stereocenters. The summed E-state index contributed by atoms with van der Waals surface area (Å²) in [6, 6.07) is 7.98. The van der Waals surface area contributed by atoms with Gasteiger partial charge in [-0.1, -0.05) is 37.6 Å². The molecule has 7 nitrogen and oxygen atoms in total. The number of nitro groups is 1. The third-order valence-corrected chi connectivity index (χ3v) is 2.70. The third kappa shape index (κ3) is 3.34. The molecule has 2 aromatic rings. The summed E-state index contributed by atoms with van der Waals surface area (Å²) in [6.45, 7) is 5.87. The molecule has 0 heterocycles. The first kappa shape index (κ1) is 16.1. The van der Waals surface area contributed by atoms with Gasteiger partial charge < -0.3 is 0 Å². The highest BCUT2D eigenvalue weighted by Gasteiger charge is 2.22. The van der Waals surface area contributed by atoms with Crippen molar-refractivity contribution in [3.8, 4) is 0 Å². The monoisotopic (exact) mass is 286 g/mol. The Labute approximate surface area is 121 Å². The van der Waals surface area contributed by atoms with Crippen LogP contribution in [-0.2, 0) is 0 Å². The summed E-state index contributed by atoms with van der Waals surface area (Å²) >= 11 is 0. The predicted octanol–water partition coefficient (Wildman–Crippen LogP) is 4.53. The van der Waals surface area contributed by atoms with E-state index in [1.54, 1.807) is 24.3 Å². The van der Waals surface area contributed by atoms with Gasteiger partial charge in [-0.05, 0) is 35.1 Å². The number of aryl methyl sites for hydroxylation is 1. The Morgan fingerprint density at radius 1 is 1.29 bits per heavy atom. The number of benzene rings is 2. The fourth-order valence-corrected chi connectivity index (χ4v) is 1.90. The van der Waals surface area contributed by atoms with E-state index in [1.165, 1.54) is 6.07 Å². The molecular weight excluding hydrogens is 272 g/mol. The predicted molar refractivity (Wildman–Crippen MR) is 80.2 cm³/mol. The Kier molecular flexibility index (Phi) is 5.39. The fraction of sp³-hybridized carbons (Fsp3) is 0.214. The van der Waals surface area contributed by atoms with Crippen LogP contribution in [0.4, 0.5) is 5.69 Å². The van der Waals surface area contributed by atoms with Crippen molar-refractivity contribution in [3.63, 3.8) is 0 Å². The highest BCUT2D eigenvalue weighted by atomic mass is 16.6. The van der Waals surface area contributed by atoms with Gasteiger partial charge in [0.15, 0.2) is 0 Å². The van der Waals surface area contributed by atoms with Gasteiger partial charge in [0.1, 0.15) is 5.56 Å². The van der Waals surface area contributed by atoms with Crippen LogP contribution >= 0.6 is 0 Å². The summed E-state index contributed by atoms with van der Waals surface area (Å²) in [4.78, 5) is 24.4. The molecule has 0 aliphatic carbocycles. The highest BCUT2D eigenvalue weighted by molar-refractivity contribution is 6.06. The van der Waals surface area contributed by atoms with E-state index in [0.29, 0.717) is 10.8 Å². The van der Waals surface area contributed by atoms with Crippen molar-refractivity contribution >= 4 is 22.4 Å². The Morgan fingerprint density at radius 3 is 2.52 bits per heavy atom. The molecule has 2 aromatic carbocycles. The van der Waals surface area contributed by atoms with Crippen molar-refractivity contribution < 1.29 is 9.72 Å². The lowest BCUT2D eigenvalue weighted by molar-refractivity contribution is -0.383. The molecule has 0 atom stereocenters. The standard InChI is InChI=1S/C12H8N4O3.C2H6/c1-7-2-4-9-8(6-7)3-5-10(11(9)16(18)19)12(17)14-15-13;1-2/h2-6H,1H3;1-2H3. The lowest BCUT2D eigenvalue weighted by Crippen LogP contribution is -2.01. The van der Waals surface area contributed by atoms with Gasteiger partial charge in [-0.3, -0.25) is 14.9 Å². The van der Waals surface area contributed by atoms with Crippen molar-refractivity contribution in [1.82, 2.24) is 0 Å². The molecule has 0 spiro atoms. The first-order valence-corrected chi connectivity index (χ1v) is 6.32. The summed E-state index contributed by atoms with van der Waals surface area (Å²) < 4.78 is 0. The van der Waals surface area contributed by atoms with E-state index in [4.69, 9.17) is 5.53 Å². The molecule has 0 saturated carbocycles. The second-order valence-electron chi connectivity index (χ2n) is 3.94. The lowest BCUT2D eigenvalue weighted by Gasteiger charge is -2.04. The van der Waals surface area contributed by atoms with Crippen molar-refractivity contribution in [3.05, 3.63) is 62.0 Å². The zero-order valence-electron chi connectivity index (χ0n) is 11.9. The van der Waals surface area contributed by atoms with Crippen LogP contribution in [0, 0.1) is 17.0 Å². The molecule has 0 aliphatic rings. The average molecular weight is 286 g/mol. The van der Waals surface area contributed by atoms with E-state index in [-0.39, 0.29) is 11.3 Å². The number of hydrogen-bond donors (Lipinski definition) is 0. The normalized spacial score (nSPS) is 9.29. The van der Waals surface area contributed by atoms with Gasteiger partial charge in [-0.25, -0.2) is 0 Å². The molecular formula is C14H14N4O3. The maximum absolute atomic E-state index is 11.6. The maximum atomic E-state index is 11.6. The molecule has 0 aromatic heterocycles. The Hall–Kier alpha value is -2.92. The van der Waals surface area contributed by atoms with Crippen LogP contribution < -0.4 is 0 Å². The first-order chi connectivity index (χ1) is 10.0. The summed E-state index contributed by atoms with van der Waals surface area (Å²) in [5.74, 6) is -0.961. The molecule has 108 valence electrons. The van der Waals surface area contributed by atoms with Gasteiger partial charge in [0.05, 0.1) is 10.3 Å². The lowest BCUT2D eigenvalue weighted by atomic mass is 10.0. The number of carbonyl (C=O) groups is 1. The molecule has 2 rings (SSSR count). The third-order valence-electron chi connectivity index (χ3n) is 2.70. The molecule has 0 saturated heterocycles. The molecule has 1 amide bonds. The van der Waals surface area contributed by atoms with E-state index >= 15 is 0 Å². The number of carbonyl (C=O) groups excluding carboxylic acids is 1. The van der Waals surface area contributed by atoms with Gasteiger partial charge >= 0.3 is 0 Å². The van der Waals surface area contributed by atoms with E-state index in [1.807, 2.05) is 20.8 Å². The summed E-state index contributed by atoms with van der Waals surface area (Å²) in [5.41, 5.74) is 8.65. The van der Waals surface area contributed by atoms with Crippen molar-refractivity contribution in [2.45, 2.75) is 20.8 Å². The summed E-state index contributed by atoms with van der Waals surface area (Å²) in [7, 11) is 0. The molecule has 0 fully saturated rings. The van der Waals surface area contributed by atoms with Crippen LogP contribution in [-0.4, -0.2) is 10.8 Å². The second kappa shape index (κ2) is 7.02. The van der Waals surface area contributed by atoms with Crippen LogP contribution in [0.5, 0.6) is 0 Å². The number of rotatable bonds is 2. The highest BCUT2D eigenvalue weighted by Crippen LogP contribution is 2.30. The minimum atomic E-state index is -0.961. The van der Waals surface area contributed by atoms with Gasteiger partial charge in [-0.2, -0.15) is 0 Å². The van der Waals surface area contributed by atoms with Gasteiger partial charge in [0.2, 0.25) is 0 Å². The van der Waals surface area contributed by atoms with Crippen LogP contribution in [0.1, 0.15) is 29.8 Å². The zero-order chi connectivity index (χ0) is 16.0. The number of azide groups is 1. The average Bonchev–Trinajstić information content (AvgIpc) is 2.47. The molecule has 0 aliphatic heterocycles. The van der Waals surface area contributed by atoms with E-state index in [0.717, 1.165) is 5.56 Å². The zero-order valence-corrected chi connectivity index (χ0v) is 11.9. The Bertz CT molecular complexity index is 749.